The summed E-state index contributed by atoms with van der Waals surface area (Å²) in [4.78, 5) is 11.1. The SMILES string of the molecule is CCc1cccc2c1[C@@H](O)C(=O)N2. The fourth-order valence-corrected chi connectivity index (χ4v) is 1.69. The lowest BCUT2D eigenvalue weighted by Gasteiger charge is -2.06. The first-order valence-electron chi connectivity index (χ1n) is 4.34. The number of aliphatic hydroxyl groups is 1. The van der Waals surface area contributed by atoms with Gasteiger partial charge in [0.1, 0.15) is 0 Å². The average molecular weight is 177 g/mol. The largest absolute Gasteiger partial charge is 0.378 e. The third-order valence-corrected chi connectivity index (χ3v) is 2.36. The molecule has 2 N–H and O–H groups in total. The van der Waals surface area contributed by atoms with E-state index in [1.807, 2.05) is 25.1 Å². The van der Waals surface area contributed by atoms with Crippen molar-refractivity contribution in [2.75, 3.05) is 5.32 Å². The van der Waals surface area contributed by atoms with E-state index >= 15 is 0 Å². The zero-order valence-corrected chi connectivity index (χ0v) is 7.37. The van der Waals surface area contributed by atoms with Crippen molar-refractivity contribution in [1.29, 1.82) is 0 Å². The van der Waals surface area contributed by atoms with E-state index in [-0.39, 0.29) is 5.91 Å². The number of rotatable bonds is 1. The molecule has 0 unspecified atom stereocenters. The molecule has 1 aromatic carbocycles. The van der Waals surface area contributed by atoms with E-state index in [1.165, 1.54) is 0 Å². The molecule has 1 aromatic rings. The molecule has 13 heavy (non-hydrogen) atoms. The molecular weight excluding hydrogens is 166 g/mol. The molecule has 1 amide bonds. The summed E-state index contributed by atoms with van der Waals surface area (Å²) in [5.41, 5.74) is 2.52. The summed E-state index contributed by atoms with van der Waals surface area (Å²) in [6, 6.07) is 5.63. The van der Waals surface area contributed by atoms with E-state index in [0.717, 1.165) is 23.2 Å². The monoisotopic (exact) mass is 177 g/mol. The smallest absolute Gasteiger partial charge is 0.257 e. The molecule has 0 aliphatic carbocycles. The van der Waals surface area contributed by atoms with Crippen LogP contribution < -0.4 is 5.32 Å². The minimum absolute atomic E-state index is 0.323. The van der Waals surface area contributed by atoms with Crippen molar-refractivity contribution in [3.05, 3.63) is 29.3 Å². The van der Waals surface area contributed by atoms with Crippen molar-refractivity contribution in [1.82, 2.24) is 0 Å². The quantitative estimate of drug-likeness (QED) is 0.678. The molecule has 1 aliphatic rings. The standard InChI is InChI=1S/C10H11NO2/c1-2-6-4-3-5-7-8(6)9(12)10(13)11-7/h3-5,9,12H,2H2,1H3,(H,11,13)/t9-/m1/s1. The van der Waals surface area contributed by atoms with Crippen molar-refractivity contribution in [3.63, 3.8) is 0 Å². The summed E-state index contributed by atoms with van der Waals surface area (Å²) >= 11 is 0. The van der Waals surface area contributed by atoms with E-state index in [4.69, 9.17) is 0 Å². The number of carbonyl (C=O) groups excluding carboxylic acids is 1. The van der Waals surface area contributed by atoms with Gasteiger partial charge in [-0.3, -0.25) is 4.79 Å². The fraction of sp³-hybridized carbons (Fsp3) is 0.300. The van der Waals surface area contributed by atoms with Crippen molar-refractivity contribution >= 4 is 11.6 Å². The minimum atomic E-state index is -0.980. The van der Waals surface area contributed by atoms with Crippen LogP contribution in [-0.4, -0.2) is 11.0 Å². The van der Waals surface area contributed by atoms with Crippen molar-refractivity contribution < 1.29 is 9.90 Å². The Morgan fingerprint density at radius 3 is 3.00 bits per heavy atom. The van der Waals surface area contributed by atoms with E-state index in [9.17, 15) is 9.90 Å². The average Bonchev–Trinajstić information content (AvgIpc) is 2.43. The summed E-state index contributed by atoms with van der Waals surface area (Å²) in [6.07, 6.45) is -0.152. The van der Waals surface area contributed by atoms with Crippen LogP contribution in [0.15, 0.2) is 18.2 Å². The molecule has 0 aromatic heterocycles. The number of amides is 1. The molecule has 0 radical (unpaired) electrons. The highest BCUT2D eigenvalue weighted by molar-refractivity contribution is 6.02. The van der Waals surface area contributed by atoms with Crippen LogP contribution in [0.25, 0.3) is 0 Å². The fourth-order valence-electron chi connectivity index (χ4n) is 1.69. The van der Waals surface area contributed by atoms with Gasteiger partial charge in [-0.25, -0.2) is 0 Å². The first-order chi connectivity index (χ1) is 6.24. The lowest BCUT2D eigenvalue weighted by Crippen LogP contribution is -2.11. The first-order valence-corrected chi connectivity index (χ1v) is 4.34. The maximum absolute atomic E-state index is 11.1. The Morgan fingerprint density at radius 2 is 2.31 bits per heavy atom. The van der Waals surface area contributed by atoms with Gasteiger partial charge in [0.05, 0.1) is 0 Å². The minimum Gasteiger partial charge on any atom is -0.378 e. The van der Waals surface area contributed by atoms with Gasteiger partial charge < -0.3 is 10.4 Å². The maximum atomic E-state index is 11.1. The molecule has 3 heteroatoms. The molecule has 0 bridgehead atoms. The zero-order valence-electron chi connectivity index (χ0n) is 7.37. The Morgan fingerprint density at radius 1 is 1.54 bits per heavy atom. The zero-order chi connectivity index (χ0) is 9.42. The third-order valence-electron chi connectivity index (χ3n) is 2.36. The molecule has 3 nitrogen and oxygen atoms in total. The van der Waals surface area contributed by atoms with Gasteiger partial charge in [0, 0.05) is 11.3 Å². The Hall–Kier alpha value is -1.35. The van der Waals surface area contributed by atoms with Crippen molar-refractivity contribution in [3.8, 4) is 0 Å². The highest BCUT2D eigenvalue weighted by Crippen LogP contribution is 2.33. The maximum Gasteiger partial charge on any atom is 0.257 e. The number of fused-ring (bicyclic) bond motifs is 1. The van der Waals surface area contributed by atoms with Crippen LogP contribution in [0.4, 0.5) is 5.69 Å². The summed E-state index contributed by atoms with van der Waals surface area (Å²) < 4.78 is 0. The second-order valence-corrected chi connectivity index (χ2v) is 3.12. The molecule has 2 rings (SSSR count). The molecule has 1 aliphatic heterocycles. The lowest BCUT2D eigenvalue weighted by atomic mass is 10.0. The summed E-state index contributed by atoms with van der Waals surface area (Å²) in [7, 11) is 0. The molecule has 68 valence electrons. The predicted octanol–water partition coefficient (Wildman–Crippen LogP) is 1.23. The van der Waals surface area contributed by atoms with Gasteiger partial charge in [0.25, 0.3) is 5.91 Å². The molecule has 0 saturated heterocycles. The Kier molecular flexibility index (Phi) is 1.81. The van der Waals surface area contributed by atoms with Gasteiger partial charge in [-0.15, -0.1) is 0 Å². The van der Waals surface area contributed by atoms with Crippen molar-refractivity contribution in [2.24, 2.45) is 0 Å². The van der Waals surface area contributed by atoms with Crippen molar-refractivity contribution in [2.45, 2.75) is 19.4 Å². The van der Waals surface area contributed by atoms with Gasteiger partial charge in [0.2, 0.25) is 0 Å². The number of aliphatic hydroxyl groups excluding tert-OH is 1. The highest BCUT2D eigenvalue weighted by Gasteiger charge is 2.29. The molecule has 0 spiro atoms. The van der Waals surface area contributed by atoms with E-state index in [0.29, 0.717) is 0 Å². The van der Waals surface area contributed by atoms with Gasteiger partial charge in [-0.1, -0.05) is 19.1 Å². The van der Waals surface area contributed by atoms with Gasteiger partial charge >= 0.3 is 0 Å². The topological polar surface area (TPSA) is 49.3 Å². The van der Waals surface area contributed by atoms with Crippen LogP contribution >= 0.6 is 0 Å². The molecular formula is C10H11NO2. The second kappa shape index (κ2) is 2.85. The summed E-state index contributed by atoms with van der Waals surface area (Å²) in [5, 5.41) is 12.2. The van der Waals surface area contributed by atoms with Gasteiger partial charge in [-0.05, 0) is 18.1 Å². The van der Waals surface area contributed by atoms with Crippen LogP contribution in [-0.2, 0) is 11.2 Å². The van der Waals surface area contributed by atoms with E-state index < -0.39 is 6.10 Å². The summed E-state index contributed by atoms with van der Waals surface area (Å²) in [6.45, 7) is 2.01. The molecule has 0 saturated carbocycles. The normalized spacial score (nSPS) is 19.8. The molecule has 0 fully saturated rings. The predicted molar refractivity (Wildman–Crippen MR) is 49.4 cm³/mol. The highest BCUT2D eigenvalue weighted by atomic mass is 16.3. The van der Waals surface area contributed by atoms with Crippen LogP contribution in [0, 0.1) is 0 Å². The molecule has 1 atom stereocenters. The van der Waals surface area contributed by atoms with Gasteiger partial charge in [-0.2, -0.15) is 0 Å². The van der Waals surface area contributed by atoms with Gasteiger partial charge in [0.15, 0.2) is 6.10 Å². The van der Waals surface area contributed by atoms with E-state index in [2.05, 4.69) is 5.32 Å². The lowest BCUT2D eigenvalue weighted by molar-refractivity contribution is -0.123. The number of nitrogens with one attached hydrogen (secondary N) is 1. The number of hydrogen-bond acceptors (Lipinski definition) is 2. The van der Waals surface area contributed by atoms with Crippen LogP contribution in [0.5, 0.6) is 0 Å². The first kappa shape index (κ1) is 8.26. The Labute approximate surface area is 76.4 Å². The Bertz CT molecular complexity index is 360. The third kappa shape index (κ3) is 1.12. The molecule has 1 heterocycles. The number of anilines is 1. The van der Waals surface area contributed by atoms with E-state index in [1.54, 1.807) is 0 Å². The van der Waals surface area contributed by atoms with Crippen LogP contribution in [0.1, 0.15) is 24.2 Å². The summed E-state index contributed by atoms with van der Waals surface area (Å²) in [5.74, 6) is -0.323. The number of carbonyl (C=O) groups is 1. The van der Waals surface area contributed by atoms with Crippen LogP contribution in [0.2, 0.25) is 0 Å². The number of benzene rings is 1. The second-order valence-electron chi connectivity index (χ2n) is 3.12. The number of aryl methyl sites for hydroxylation is 1. The van der Waals surface area contributed by atoms with Crippen LogP contribution in [0.3, 0.4) is 0 Å². The number of hydrogen-bond donors (Lipinski definition) is 2. The Balaban J connectivity index is 2.57.